The Labute approximate surface area is 82.8 Å². The predicted molar refractivity (Wildman–Crippen MR) is 55.1 cm³/mol. The van der Waals surface area contributed by atoms with Crippen LogP contribution in [0.15, 0.2) is 12.2 Å². The molecular formula is C9H15NO2S. The zero-order valence-corrected chi connectivity index (χ0v) is 8.64. The number of hydrogen-bond acceptors (Lipinski definition) is 3. The van der Waals surface area contributed by atoms with Crippen molar-refractivity contribution in [3.63, 3.8) is 0 Å². The fourth-order valence-electron chi connectivity index (χ4n) is 1.37. The van der Waals surface area contributed by atoms with Crippen LogP contribution in [-0.4, -0.2) is 47.1 Å². The molecule has 0 spiro atoms. The summed E-state index contributed by atoms with van der Waals surface area (Å²) in [6, 6.07) is 0.529. The van der Waals surface area contributed by atoms with E-state index in [2.05, 4.69) is 11.5 Å². The highest BCUT2D eigenvalue weighted by Gasteiger charge is 2.21. The van der Waals surface area contributed by atoms with E-state index in [9.17, 15) is 4.79 Å². The normalized spacial score (nSPS) is 22.2. The van der Waals surface area contributed by atoms with Crippen LogP contribution in [-0.2, 0) is 4.79 Å². The van der Waals surface area contributed by atoms with Crippen LogP contribution in [0.2, 0.25) is 0 Å². The van der Waals surface area contributed by atoms with Gasteiger partial charge in [-0.15, -0.1) is 0 Å². The van der Waals surface area contributed by atoms with Crippen molar-refractivity contribution in [3.05, 3.63) is 12.2 Å². The number of nitrogens with zero attached hydrogens (tertiary/aromatic N) is 1. The lowest BCUT2D eigenvalue weighted by molar-refractivity contribution is -0.132. The second-order valence-electron chi connectivity index (χ2n) is 3.34. The lowest BCUT2D eigenvalue weighted by Gasteiger charge is -2.22. The first-order valence-electron chi connectivity index (χ1n) is 4.30. The van der Waals surface area contributed by atoms with Crippen LogP contribution < -0.4 is 0 Å². The lowest BCUT2D eigenvalue weighted by Crippen LogP contribution is -2.34. The number of aliphatic carboxylic acids is 1. The number of carbonyl (C=O) groups is 1. The van der Waals surface area contributed by atoms with Gasteiger partial charge in [0, 0.05) is 23.9 Å². The number of likely N-dealkylation sites (N-methyl/N-ethyl adjacent to an activating group) is 1. The standard InChI is InChI=1S/C9H15NO2S/c1-7(9(11)12)5-10(2)8-3-4-13-6-8/h8H,1,3-6H2,2H3,(H,11,12). The molecule has 1 saturated heterocycles. The fourth-order valence-corrected chi connectivity index (χ4v) is 2.67. The summed E-state index contributed by atoms with van der Waals surface area (Å²) >= 11 is 1.93. The minimum Gasteiger partial charge on any atom is -0.478 e. The molecule has 0 aromatic rings. The Bertz CT molecular complexity index is 212. The molecule has 0 aromatic heterocycles. The summed E-state index contributed by atoms with van der Waals surface area (Å²) in [5, 5.41) is 8.64. The topological polar surface area (TPSA) is 40.5 Å². The highest BCUT2D eigenvalue weighted by molar-refractivity contribution is 7.99. The van der Waals surface area contributed by atoms with Crippen LogP contribution in [0.3, 0.4) is 0 Å². The predicted octanol–water partition coefficient (Wildman–Crippen LogP) is 1.06. The fraction of sp³-hybridized carbons (Fsp3) is 0.667. The molecule has 0 amide bonds. The molecule has 1 aliphatic heterocycles. The molecule has 1 rings (SSSR count). The molecule has 1 N–H and O–H groups in total. The van der Waals surface area contributed by atoms with Gasteiger partial charge in [-0.2, -0.15) is 11.8 Å². The first-order valence-corrected chi connectivity index (χ1v) is 5.46. The molecule has 4 heteroatoms. The van der Waals surface area contributed by atoms with Gasteiger partial charge in [0.25, 0.3) is 0 Å². The molecule has 1 fully saturated rings. The van der Waals surface area contributed by atoms with Crippen LogP contribution in [0.1, 0.15) is 6.42 Å². The van der Waals surface area contributed by atoms with E-state index in [0.717, 1.165) is 12.2 Å². The van der Waals surface area contributed by atoms with E-state index >= 15 is 0 Å². The first-order chi connectivity index (χ1) is 6.11. The molecule has 74 valence electrons. The molecule has 0 aliphatic carbocycles. The van der Waals surface area contributed by atoms with E-state index in [4.69, 9.17) is 5.11 Å². The van der Waals surface area contributed by atoms with Crippen molar-refractivity contribution in [1.29, 1.82) is 0 Å². The molecule has 0 bridgehead atoms. The van der Waals surface area contributed by atoms with Gasteiger partial charge in [0.15, 0.2) is 0 Å². The minimum atomic E-state index is -0.891. The molecule has 1 atom stereocenters. The van der Waals surface area contributed by atoms with Gasteiger partial charge < -0.3 is 5.11 Å². The Morgan fingerprint density at radius 3 is 2.92 bits per heavy atom. The maximum absolute atomic E-state index is 10.5. The zero-order valence-electron chi connectivity index (χ0n) is 7.82. The summed E-state index contributed by atoms with van der Waals surface area (Å²) in [6.45, 7) is 3.99. The number of carboxylic acid groups (broad SMARTS) is 1. The van der Waals surface area contributed by atoms with Crippen molar-refractivity contribution in [3.8, 4) is 0 Å². The van der Waals surface area contributed by atoms with Gasteiger partial charge in [0.2, 0.25) is 0 Å². The zero-order chi connectivity index (χ0) is 9.84. The van der Waals surface area contributed by atoms with Gasteiger partial charge in [-0.05, 0) is 19.2 Å². The van der Waals surface area contributed by atoms with Gasteiger partial charge in [-0.25, -0.2) is 4.79 Å². The average Bonchev–Trinajstić information content (AvgIpc) is 2.55. The van der Waals surface area contributed by atoms with Crippen LogP contribution in [0.5, 0.6) is 0 Å². The van der Waals surface area contributed by atoms with Crippen molar-refractivity contribution >= 4 is 17.7 Å². The molecule has 1 aliphatic rings. The number of hydrogen-bond donors (Lipinski definition) is 1. The van der Waals surface area contributed by atoms with Gasteiger partial charge >= 0.3 is 5.97 Å². The summed E-state index contributed by atoms with van der Waals surface area (Å²) in [7, 11) is 1.96. The van der Waals surface area contributed by atoms with Gasteiger partial charge in [-0.3, -0.25) is 4.90 Å². The van der Waals surface area contributed by atoms with Crippen molar-refractivity contribution < 1.29 is 9.90 Å². The van der Waals surface area contributed by atoms with Crippen molar-refractivity contribution in [2.24, 2.45) is 0 Å². The Kier molecular flexibility index (Phi) is 3.81. The van der Waals surface area contributed by atoms with Crippen molar-refractivity contribution in [2.45, 2.75) is 12.5 Å². The van der Waals surface area contributed by atoms with E-state index in [0.29, 0.717) is 12.6 Å². The average molecular weight is 201 g/mol. The number of thioether (sulfide) groups is 1. The summed E-state index contributed by atoms with van der Waals surface area (Å²) in [4.78, 5) is 12.6. The third-order valence-corrected chi connectivity index (χ3v) is 3.42. The summed E-state index contributed by atoms with van der Waals surface area (Å²) < 4.78 is 0. The molecule has 1 unspecified atom stereocenters. The lowest BCUT2D eigenvalue weighted by atomic mass is 10.2. The maximum Gasteiger partial charge on any atom is 0.332 e. The van der Waals surface area contributed by atoms with Crippen LogP contribution in [0.4, 0.5) is 0 Å². The van der Waals surface area contributed by atoms with Crippen LogP contribution >= 0.6 is 11.8 Å². The molecule has 3 nitrogen and oxygen atoms in total. The van der Waals surface area contributed by atoms with Gasteiger partial charge in [0.1, 0.15) is 0 Å². The summed E-state index contributed by atoms with van der Waals surface area (Å²) in [6.07, 6.45) is 1.16. The van der Waals surface area contributed by atoms with Crippen molar-refractivity contribution in [1.82, 2.24) is 4.90 Å². The Hall–Kier alpha value is -0.480. The second kappa shape index (κ2) is 4.67. The highest BCUT2D eigenvalue weighted by atomic mass is 32.2. The first kappa shape index (κ1) is 10.6. The van der Waals surface area contributed by atoms with E-state index in [-0.39, 0.29) is 5.57 Å². The summed E-state index contributed by atoms with van der Waals surface area (Å²) in [5.41, 5.74) is 0.277. The van der Waals surface area contributed by atoms with E-state index < -0.39 is 5.97 Å². The van der Waals surface area contributed by atoms with E-state index in [1.807, 2.05) is 18.8 Å². The molecular weight excluding hydrogens is 186 g/mol. The monoisotopic (exact) mass is 201 g/mol. The third-order valence-electron chi connectivity index (χ3n) is 2.27. The second-order valence-corrected chi connectivity index (χ2v) is 4.49. The Morgan fingerprint density at radius 1 is 1.77 bits per heavy atom. The number of rotatable bonds is 4. The SMILES string of the molecule is C=C(CN(C)C1CCSC1)C(=O)O. The molecule has 0 radical (unpaired) electrons. The quantitative estimate of drug-likeness (QED) is 0.691. The van der Waals surface area contributed by atoms with Gasteiger partial charge in [0.05, 0.1) is 0 Å². The highest BCUT2D eigenvalue weighted by Crippen LogP contribution is 2.21. The van der Waals surface area contributed by atoms with Crippen LogP contribution in [0, 0.1) is 0 Å². The largest absolute Gasteiger partial charge is 0.478 e. The third kappa shape index (κ3) is 3.04. The summed E-state index contributed by atoms with van der Waals surface area (Å²) in [5.74, 6) is 1.41. The van der Waals surface area contributed by atoms with Crippen LogP contribution in [0.25, 0.3) is 0 Å². The van der Waals surface area contributed by atoms with E-state index in [1.54, 1.807) is 0 Å². The van der Waals surface area contributed by atoms with Gasteiger partial charge in [-0.1, -0.05) is 6.58 Å². The Morgan fingerprint density at radius 2 is 2.46 bits per heavy atom. The molecule has 1 heterocycles. The molecule has 0 aromatic carbocycles. The smallest absolute Gasteiger partial charge is 0.332 e. The number of carboxylic acids is 1. The maximum atomic E-state index is 10.5. The Balaban J connectivity index is 2.35. The molecule has 13 heavy (non-hydrogen) atoms. The van der Waals surface area contributed by atoms with Crippen molar-refractivity contribution in [2.75, 3.05) is 25.1 Å². The van der Waals surface area contributed by atoms with E-state index in [1.165, 1.54) is 5.75 Å². The minimum absolute atomic E-state index is 0.277. The molecule has 0 saturated carbocycles.